The molecule has 4 nitrogen and oxygen atoms in total. The molecule has 0 amide bonds. The zero-order chi connectivity index (χ0) is 17.4. The molecule has 25 heavy (non-hydrogen) atoms. The van der Waals surface area contributed by atoms with Crippen molar-refractivity contribution in [2.45, 2.75) is 11.3 Å². The van der Waals surface area contributed by atoms with Crippen molar-refractivity contribution in [1.29, 1.82) is 0 Å². The van der Waals surface area contributed by atoms with Gasteiger partial charge in [-0.25, -0.2) is 0 Å². The number of fused-ring (bicyclic) bond motifs is 1. The van der Waals surface area contributed by atoms with Crippen LogP contribution in [0, 0.1) is 0 Å². The Bertz CT molecular complexity index is 1040. The molecule has 0 aromatic heterocycles. The van der Waals surface area contributed by atoms with E-state index in [2.05, 4.69) is 0 Å². The van der Waals surface area contributed by atoms with Crippen molar-refractivity contribution in [3.05, 3.63) is 72.3 Å². The molecular formula is C20H16O4S. The van der Waals surface area contributed by atoms with Gasteiger partial charge in [-0.1, -0.05) is 54.6 Å². The first-order chi connectivity index (χ1) is 12.0. The molecule has 0 bridgehead atoms. The minimum atomic E-state index is -4.36. The lowest BCUT2D eigenvalue weighted by Gasteiger charge is -2.13. The Morgan fingerprint density at radius 2 is 1.48 bits per heavy atom. The predicted molar refractivity (Wildman–Crippen MR) is 96.3 cm³/mol. The van der Waals surface area contributed by atoms with E-state index >= 15 is 0 Å². The lowest BCUT2D eigenvalue weighted by atomic mass is 9.93. The minimum Gasteiger partial charge on any atom is -0.491 e. The number of hydrogen-bond donors (Lipinski definition) is 1. The molecular weight excluding hydrogens is 336 g/mol. The Labute approximate surface area is 146 Å². The van der Waals surface area contributed by atoms with Crippen LogP contribution in [0.2, 0.25) is 0 Å². The molecule has 1 aliphatic rings. The van der Waals surface area contributed by atoms with Crippen molar-refractivity contribution in [3.63, 3.8) is 0 Å². The van der Waals surface area contributed by atoms with Gasteiger partial charge in [0.1, 0.15) is 10.6 Å². The molecule has 1 N–H and O–H groups in total. The summed E-state index contributed by atoms with van der Waals surface area (Å²) in [6, 6.07) is 21.2. The molecule has 1 aliphatic heterocycles. The Balaban J connectivity index is 1.96. The Hall–Kier alpha value is -2.63. The molecule has 0 radical (unpaired) electrons. The van der Waals surface area contributed by atoms with Crippen LogP contribution in [0.25, 0.3) is 22.3 Å². The lowest BCUT2D eigenvalue weighted by molar-refractivity contribution is 0.346. The van der Waals surface area contributed by atoms with Gasteiger partial charge in [0.05, 0.1) is 6.61 Å². The SMILES string of the molecule is O=S(=O)(O)c1cc(-c2ccccc2-c2ccccc2)cc2c1OCC2. The van der Waals surface area contributed by atoms with Crippen LogP contribution in [0.4, 0.5) is 0 Å². The molecule has 5 heteroatoms. The van der Waals surface area contributed by atoms with E-state index in [4.69, 9.17) is 4.74 Å². The van der Waals surface area contributed by atoms with Gasteiger partial charge in [-0.2, -0.15) is 8.42 Å². The molecule has 0 fully saturated rings. The van der Waals surface area contributed by atoms with E-state index in [0.29, 0.717) is 13.0 Å². The first-order valence-corrected chi connectivity index (χ1v) is 9.40. The summed E-state index contributed by atoms with van der Waals surface area (Å²) < 4.78 is 38.6. The molecule has 0 saturated heterocycles. The van der Waals surface area contributed by atoms with Crippen molar-refractivity contribution in [2.24, 2.45) is 0 Å². The highest BCUT2D eigenvalue weighted by Gasteiger charge is 2.25. The molecule has 0 spiro atoms. The molecule has 1 heterocycles. The van der Waals surface area contributed by atoms with Crippen molar-refractivity contribution < 1.29 is 17.7 Å². The number of benzene rings is 3. The normalized spacial score (nSPS) is 13.3. The third-order valence-electron chi connectivity index (χ3n) is 4.35. The summed E-state index contributed by atoms with van der Waals surface area (Å²) in [6.07, 6.45) is 0.624. The summed E-state index contributed by atoms with van der Waals surface area (Å²) in [5.41, 5.74) is 4.50. The monoisotopic (exact) mass is 352 g/mol. The van der Waals surface area contributed by atoms with Crippen molar-refractivity contribution >= 4 is 10.1 Å². The maximum atomic E-state index is 11.8. The van der Waals surface area contributed by atoms with E-state index in [1.165, 1.54) is 6.07 Å². The van der Waals surface area contributed by atoms with Crippen LogP contribution in [0.1, 0.15) is 5.56 Å². The second kappa shape index (κ2) is 6.02. The summed E-state index contributed by atoms with van der Waals surface area (Å²) in [5, 5.41) is 0. The van der Waals surface area contributed by atoms with Gasteiger partial charge in [0.25, 0.3) is 10.1 Å². The topological polar surface area (TPSA) is 63.6 Å². The zero-order valence-corrected chi connectivity index (χ0v) is 14.2. The number of hydrogen-bond acceptors (Lipinski definition) is 3. The highest BCUT2D eigenvalue weighted by molar-refractivity contribution is 7.86. The van der Waals surface area contributed by atoms with Gasteiger partial charge in [-0.15, -0.1) is 0 Å². The Morgan fingerprint density at radius 3 is 2.16 bits per heavy atom. The summed E-state index contributed by atoms with van der Waals surface area (Å²) in [6.45, 7) is 0.418. The van der Waals surface area contributed by atoms with E-state index in [1.54, 1.807) is 0 Å². The van der Waals surface area contributed by atoms with Gasteiger partial charge < -0.3 is 4.74 Å². The van der Waals surface area contributed by atoms with Crippen LogP contribution in [-0.4, -0.2) is 19.6 Å². The third kappa shape index (κ3) is 2.92. The van der Waals surface area contributed by atoms with E-state index in [9.17, 15) is 13.0 Å². The van der Waals surface area contributed by atoms with Crippen LogP contribution in [0.5, 0.6) is 5.75 Å². The average molecular weight is 352 g/mol. The first-order valence-electron chi connectivity index (χ1n) is 7.96. The minimum absolute atomic E-state index is 0.166. The molecule has 4 rings (SSSR count). The van der Waals surface area contributed by atoms with E-state index in [0.717, 1.165) is 27.8 Å². The highest BCUT2D eigenvalue weighted by Crippen LogP contribution is 2.39. The van der Waals surface area contributed by atoms with Gasteiger partial charge in [-0.05, 0) is 39.9 Å². The molecule has 0 saturated carbocycles. The van der Waals surface area contributed by atoms with Crippen LogP contribution < -0.4 is 4.74 Å². The Kier molecular flexibility index (Phi) is 3.82. The zero-order valence-electron chi connectivity index (χ0n) is 13.3. The molecule has 3 aromatic carbocycles. The fourth-order valence-corrected chi connectivity index (χ4v) is 3.92. The van der Waals surface area contributed by atoms with Crippen LogP contribution >= 0.6 is 0 Å². The third-order valence-corrected chi connectivity index (χ3v) is 5.21. The average Bonchev–Trinajstić information content (AvgIpc) is 3.09. The molecule has 0 atom stereocenters. The summed E-state index contributed by atoms with van der Waals surface area (Å²) >= 11 is 0. The van der Waals surface area contributed by atoms with E-state index in [1.807, 2.05) is 60.7 Å². The maximum Gasteiger partial charge on any atom is 0.298 e. The van der Waals surface area contributed by atoms with Crippen molar-refractivity contribution in [1.82, 2.24) is 0 Å². The van der Waals surface area contributed by atoms with E-state index in [-0.39, 0.29) is 10.6 Å². The summed E-state index contributed by atoms with van der Waals surface area (Å²) in [5.74, 6) is 0.267. The highest BCUT2D eigenvalue weighted by atomic mass is 32.2. The molecule has 3 aromatic rings. The van der Waals surface area contributed by atoms with Crippen LogP contribution in [-0.2, 0) is 16.5 Å². The first kappa shape index (κ1) is 15.9. The van der Waals surface area contributed by atoms with Gasteiger partial charge in [-0.3, -0.25) is 4.55 Å². The quantitative estimate of drug-likeness (QED) is 0.718. The Morgan fingerprint density at radius 1 is 0.840 bits per heavy atom. The number of ether oxygens (including phenoxy) is 1. The number of rotatable bonds is 3. The smallest absolute Gasteiger partial charge is 0.298 e. The predicted octanol–water partition coefficient (Wildman–Crippen LogP) is 4.20. The molecule has 126 valence electrons. The fourth-order valence-electron chi connectivity index (χ4n) is 3.22. The fraction of sp³-hybridized carbons (Fsp3) is 0.100. The second-order valence-electron chi connectivity index (χ2n) is 5.95. The maximum absolute atomic E-state index is 11.8. The molecule has 0 unspecified atom stereocenters. The van der Waals surface area contributed by atoms with Gasteiger partial charge in [0, 0.05) is 6.42 Å². The summed E-state index contributed by atoms with van der Waals surface area (Å²) in [7, 11) is -4.36. The van der Waals surface area contributed by atoms with Gasteiger partial charge >= 0.3 is 0 Å². The van der Waals surface area contributed by atoms with E-state index < -0.39 is 10.1 Å². The lowest BCUT2D eigenvalue weighted by Crippen LogP contribution is -2.02. The van der Waals surface area contributed by atoms with Gasteiger partial charge in [0.2, 0.25) is 0 Å². The second-order valence-corrected chi connectivity index (χ2v) is 7.34. The van der Waals surface area contributed by atoms with Gasteiger partial charge in [0.15, 0.2) is 0 Å². The van der Waals surface area contributed by atoms with Crippen molar-refractivity contribution in [2.75, 3.05) is 6.61 Å². The summed E-state index contributed by atoms with van der Waals surface area (Å²) in [4.78, 5) is -0.166. The van der Waals surface area contributed by atoms with Crippen LogP contribution in [0.3, 0.4) is 0 Å². The standard InChI is InChI=1S/C20H16O4S/c21-25(22,23)19-13-16(12-15-10-11-24-20(15)19)18-9-5-4-8-17(18)14-6-2-1-3-7-14/h1-9,12-13H,10-11H2,(H,21,22,23). The largest absolute Gasteiger partial charge is 0.491 e. The van der Waals surface area contributed by atoms with Crippen LogP contribution in [0.15, 0.2) is 71.6 Å². The molecule has 0 aliphatic carbocycles. The van der Waals surface area contributed by atoms with Crippen molar-refractivity contribution in [3.8, 4) is 28.0 Å².